The summed E-state index contributed by atoms with van der Waals surface area (Å²) in [7, 11) is 0. The van der Waals surface area contributed by atoms with E-state index in [4.69, 9.17) is 0 Å². The first-order valence-corrected chi connectivity index (χ1v) is 8.01. The van der Waals surface area contributed by atoms with E-state index in [1.807, 2.05) is 53.9 Å². The second-order valence-corrected chi connectivity index (χ2v) is 6.39. The molecular formula is C15H11N3OS2. The lowest BCUT2D eigenvalue weighted by atomic mass is 10.2. The fourth-order valence-corrected chi connectivity index (χ4v) is 3.91. The van der Waals surface area contributed by atoms with Crippen LogP contribution in [0.5, 0.6) is 0 Å². The van der Waals surface area contributed by atoms with E-state index in [0.717, 1.165) is 10.6 Å². The van der Waals surface area contributed by atoms with Crippen LogP contribution in [0.3, 0.4) is 0 Å². The molecule has 0 aliphatic carbocycles. The van der Waals surface area contributed by atoms with Crippen molar-refractivity contribution in [2.24, 2.45) is 0 Å². The first kappa shape index (κ1) is 13.7. The normalized spacial score (nSPS) is 18.0. The van der Waals surface area contributed by atoms with Crippen LogP contribution in [0.15, 0.2) is 58.4 Å². The van der Waals surface area contributed by atoms with Gasteiger partial charge in [-0.2, -0.15) is 5.26 Å². The zero-order chi connectivity index (χ0) is 14.7. The first-order chi connectivity index (χ1) is 10.3. The highest BCUT2D eigenvalue weighted by atomic mass is 32.2. The van der Waals surface area contributed by atoms with Gasteiger partial charge in [-0.05, 0) is 23.6 Å². The zero-order valence-electron chi connectivity index (χ0n) is 10.9. The average molecular weight is 313 g/mol. The third kappa shape index (κ3) is 2.94. The first-order valence-electron chi connectivity index (χ1n) is 6.25. The molecule has 4 nitrogen and oxygen atoms in total. The highest BCUT2D eigenvalue weighted by Crippen LogP contribution is 2.39. The molecule has 2 aromatic rings. The van der Waals surface area contributed by atoms with Crippen LogP contribution in [0.4, 0.5) is 5.69 Å². The number of thiophene rings is 1. The van der Waals surface area contributed by atoms with Gasteiger partial charge >= 0.3 is 0 Å². The Balaban J connectivity index is 1.91. The molecule has 0 radical (unpaired) electrons. The molecular weight excluding hydrogens is 302 g/mol. The van der Waals surface area contributed by atoms with Crippen molar-refractivity contribution in [2.45, 2.75) is 5.37 Å². The number of nitriles is 1. The Labute approximate surface area is 130 Å². The largest absolute Gasteiger partial charge is 0.349 e. The lowest BCUT2D eigenvalue weighted by molar-refractivity contribution is -0.117. The van der Waals surface area contributed by atoms with E-state index >= 15 is 0 Å². The zero-order valence-corrected chi connectivity index (χ0v) is 12.5. The third-order valence-electron chi connectivity index (χ3n) is 2.90. The molecule has 1 amide bonds. The number of thioether (sulfide) groups is 1. The van der Waals surface area contributed by atoms with Gasteiger partial charge in [0, 0.05) is 10.6 Å². The topological polar surface area (TPSA) is 64.9 Å². The van der Waals surface area contributed by atoms with E-state index in [-0.39, 0.29) is 16.9 Å². The molecule has 2 heterocycles. The van der Waals surface area contributed by atoms with Crippen LogP contribution in [0.2, 0.25) is 0 Å². The number of amides is 1. The number of carbonyl (C=O) groups is 1. The van der Waals surface area contributed by atoms with Gasteiger partial charge < -0.3 is 10.6 Å². The molecule has 6 heteroatoms. The van der Waals surface area contributed by atoms with Gasteiger partial charge in [-0.25, -0.2) is 0 Å². The van der Waals surface area contributed by atoms with Crippen molar-refractivity contribution in [1.82, 2.24) is 5.32 Å². The minimum atomic E-state index is -0.340. The van der Waals surface area contributed by atoms with Crippen LogP contribution in [-0.2, 0) is 4.79 Å². The number of anilines is 1. The van der Waals surface area contributed by atoms with Crippen LogP contribution in [0, 0.1) is 11.3 Å². The second-order valence-electron chi connectivity index (χ2n) is 4.29. The Morgan fingerprint density at radius 2 is 2.00 bits per heavy atom. The minimum absolute atomic E-state index is 0.122. The summed E-state index contributed by atoms with van der Waals surface area (Å²) in [6, 6.07) is 15.4. The van der Waals surface area contributed by atoms with Crippen molar-refractivity contribution in [3.63, 3.8) is 0 Å². The summed E-state index contributed by atoms with van der Waals surface area (Å²) in [4.78, 5) is 13.1. The van der Waals surface area contributed by atoms with Crippen LogP contribution < -0.4 is 10.6 Å². The van der Waals surface area contributed by atoms with E-state index in [0.29, 0.717) is 5.03 Å². The monoisotopic (exact) mass is 313 g/mol. The molecule has 3 rings (SSSR count). The van der Waals surface area contributed by atoms with E-state index in [1.54, 1.807) is 11.3 Å². The quantitative estimate of drug-likeness (QED) is 0.911. The number of para-hydroxylation sites is 1. The van der Waals surface area contributed by atoms with Crippen LogP contribution >= 0.6 is 23.1 Å². The molecule has 0 saturated heterocycles. The lowest BCUT2D eigenvalue weighted by Crippen LogP contribution is -2.32. The van der Waals surface area contributed by atoms with E-state index in [9.17, 15) is 10.1 Å². The molecule has 21 heavy (non-hydrogen) atoms. The standard InChI is InChI=1S/C15H11N3OS2/c16-9-11-13(19)18-15(12-7-4-8-20-12)21-14(11)17-10-5-2-1-3-6-10/h1-8,15,17H,(H,18,19)/t15-/m1/s1. The average Bonchev–Trinajstić information content (AvgIpc) is 3.02. The summed E-state index contributed by atoms with van der Waals surface area (Å²) in [6.07, 6.45) is 0. The van der Waals surface area contributed by atoms with Gasteiger partial charge in [-0.15, -0.1) is 11.3 Å². The highest BCUT2D eigenvalue weighted by molar-refractivity contribution is 8.03. The predicted octanol–water partition coefficient (Wildman–Crippen LogP) is 3.46. The van der Waals surface area contributed by atoms with Crippen molar-refractivity contribution in [3.8, 4) is 6.07 Å². The van der Waals surface area contributed by atoms with E-state index < -0.39 is 0 Å². The molecule has 0 bridgehead atoms. The number of hydrogen-bond acceptors (Lipinski definition) is 5. The molecule has 0 fully saturated rings. The van der Waals surface area contributed by atoms with Crippen molar-refractivity contribution in [3.05, 3.63) is 63.3 Å². The summed E-state index contributed by atoms with van der Waals surface area (Å²) in [5.41, 5.74) is 0.976. The number of rotatable bonds is 3. The van der Waals surface area contributed by atoms with Crippen molar-refractivity contribution in [1.29, 1.82) is 5.26 Å². The Kier molecular flexibility index (Phi) is 3.95. The maximum absolute atomic E-state index is 12.1. The highest BCUT2D eigenvalue weighted by Gasteiger charge is 2.29. The Hall–Kier alpha value is -2.23. The molecule has 1 aliphatic heterocycles. The molecule has 0 saturated carbocycles. The number of carbonyl (C=O) groups excluding carboxylic acids is 1. The van der Waals surface area contributed by atoms with Crippen LogP contribution in [0.1, 0.15) is 10.3 Å². The maximum atomic E-state index is 12.1. The summed E-state index contributed by atoms with van der Waals surface area (Å²) in [6.45, 7) is 0. The third-order valence-corrected chi connectivity index (χ3v) is 5.13. The van der Waals surface area contributed by atoms with Crippen molar-refractivity contribution in [2.75, 3.05) is 5.32 Å². The summed E-state index contributed by atoms with van der Waals surface area (Å²) in [5, 5.41) is 17.6. The summed E-state index contributed by atoms with van der Waals surface area (Å²) in [5.74, 6) is -0.340. The number of hydrogen-bond donors (Lipinski definition) is 2. The number of benzene rings is 1. The fraction of sp³-hybridized carbons (Fsp3) is 0.0667. The molecule has 1 aliphatic rings. The van der Waals surface area contributed by atoms with Crippen LogP contribution in [0.25, 0.3) is 0 Å². The lowest BCUT2D eigenvalue weighted by Gasteiger charge is -2.25. The van der Waals surface area contributed by atoms with Gasteiger partial charge in [0.1, 0.15) is 17.0 Å². The molecule has 0 unspecified atom stereocenters. The van der Waals surface area contributed by atoms with E-state index in [1.165, 1.54) is 11.8 Å². The predicted molar refractivity (Wildman–Crippen MR) is 85.5 cm³/mol. The second kappa shape index (κ2) is 6.04. The van der Waals surface area contributed by atoms with Gasteiger partial charge in [-0.3, -0.25) is 4.79 Å². The Morgan fingerprint density at radius 1 is 1.19 bits per heavy atom. The Bertz CT molecular complexity index is 717. The minimum Gasteiger partial charge on any atom is -0.349 e. The van der Waals surface area contributed by atoms with Crippen molar-refractivity contribution < 1.29 is 4.79 Å². The maximum Gasteiger partial charge on any atom is 0.265 e. The number of nitrogens with one attached hydrogen (secondary N) is 2. The smallest absolute Gasteiger partial charge is 0.265 e. The summed E-state index contributed by atoms with van der Waals surface area (Å²) >= 11 is 3.02. The van der Waals surface area contributed by atoms with Gasteiger partial charge in [-0.1, -0.05) is 36.0 Å². The van der Waals surface area contributed by atoms with E-state index in [2.05, 4.69) is 10.6 Å². The molecule has 2 N–H and O–H groups in total. The van der Waals surface area contributed by atoms with Gasteiger partial charge in [0.2, 0.25) is 0 Å². The van der Waals surface area contributed by atoms with Crippen molar-refractivity contribution >= 4 is 34.7 Å². The molecule has 1 aromatic heterocycles. The number of nitrogens with zero attached hydrogens (tertiary/aromatic N) is 1. The van der Waals surface area contributed by atoms with Gasteiger partial charge in [0.25, 0.3) is 5.91 Å². The summed E-state index contributed by atoms with van der Waals surface area (Å²) < 4.78 is 0. The van der Waals surface area contributed by atoms with Gasteiger partial charge in [0.05, 0.1) is 5.03 Å². The van der Waals surface area contributed by atoms with Crippen LogP contribution in [-0.4, -0.2) is 5.91 Å². The molecule has 104 valence electrons. The SMILES string of the molecule is N#CC1=C(Nc2ccccc2)S[C@H](c2cccs2)NC1=O. The molecule has 0 spiro atoms. The van der Waals surface area contributed by atoms with Gasteiger partial charge in [0.15, 0.2) is 0 Å². The fourth-order valence-electron chi connectivity index (χ4n) is 1.92. The molecule has 1 aromatic carbocycles. The Morgan fingerprint density at radius 3 is 2.67 bits per heavy atom. The molecule has 1 atom stereocenters.